The van der Waals surface area contributed by atoms with E-state index < -0.39 is 10.8 Å². The number of hydrogen-bond donors (Lipinski definition) is 2. The van der Waals surface area contributed by atoms with Gasteiger partial charge in [-0.2, -0.15) is 5.10 Å². The molecular weight excluding hydrogens is 457 g/mol. The van der Waals surface area contributed by atoms with Gasteiger partial charge in [-0.05, 0) is 58.5 Å². The zero-order chi connectivity index (χ0) is 18.0. The zero-order valence-electron chi connectivity index (χ0n) is 12.5. The number of amides is 1. The van der Waals surface area contributed by atoms with Crippen LogP contribution in [-0.4, -0.2) is 22.2 Å². The van der Waals surface area contributed by atoms with Crippen LogP contribution in [0.25, 0.3) is 10.1 Å². The molecule has 9 heteroatoms. The Morgan fingerprint density at radius 2 is 2.08 bits per heavy atom. The zero-order valence-corrected chi connectivity index (χ0v) is 15.4. The highest BCUT2D eigenvalue weighted by molar-refractivity contribution is 14.1. The Labute approximate surface area is 159 Å². The van der Waals surface area contributed by atoms with Crippen molar-refractivity contribution in [1.82, 2.24) is 5.43 Å². The van der Waals surface area contributed by atoms with Crippen molar-refractivity contribution in [2.75, 3.05) is 0 Å². The summed E-state index contributed by atoms with van der Waals surface area (Å²) in [6.07, 6.45) is 1.47. The van der Waals surface area contributed by atoms with Crippen LogP contribution in [0, 0.1) is 13.7 Å². The monoisotopic (exact) mass is 467 g/mol. The van der Waals surface area contributed by atoms with Crippen molar-refractivity contribution in [3.8, 4) is 5.75 Å². The van der Waals surface area contributed by atoms with Crippen LogP contribution < -0.4 is 5.43 Å². The Hall–Kier alpha value is -2.53. The summed E-state index contributed by atoms with van der Waals surface area (Å²) in [5.74, 6) is -0.213. The fraction of sp³-hybridized carbons (Fsp3) is 0. The van der Waals surface area contributed by atoms with Gasteiger partial charge < -0.3 is 5.11 Å². The van der Waals surface area contributed by atoms with Gasteiger partial charge in [0.25, 0.3) is 11.6 Å². The first-order valence-electron chi connectivity index (χ1n) is 6.94. The van der Waals surface area contributed by atoms with E-state index in [1.165, 1.54) is 29.7 Å². The first-order chi connectivity index (χ1) is 11.9. The molecule has 7 nitrogen and oxygen atoms in total. The Kier molecular flexibility index (Phi) is 4.95. The minimum atomic E-state index is -0.472. The van der Waals surface area contributed by atoms with Gasteiger partial charge in [-0.1, -0.05) is 0 Å². The van der Waals surface area contributed by atoms with Crippen molar-refractivity contribution in [2.45, 2.75) is 0 Å². The van der Waals surface area contributed by atoms with Crippen molar-refractivity contribution in [1.29, 1.82) is 0 Å². The summed E-state index contributed by atoms with van der Waals surface area (Å²) in [5.41, 5.74) is 3.14. The Morgan fingerprint density at radius 1 is 1.28 bits per heavy atom. The molecule has 3 rings (SSSR count). The maximum atomic E-state index is 12.2. The lowest BCUT2D eigenvalue weighted by atomic mass is 10.2. The van der Waals surface area contributed by atoms with Gasteiger partial charge >= 0.3 is 0 Å². The molecule has 0 unspecified atom stereocenters. The molecule has 0 bridgehead atoms. The standard InChI is InChI=1S/C16H10IN3O4S/c17-12-5-9(1-3-13(12)21)8-18-19-16(22)15-7-10-6-11(20(23)24)2-4-14(10)25-15/h1-8,21H,(H,19,22)/b18-8+. The lowest BCUT2D eigenvalue weighted by Crippen LogP contribution is -2.16. The number of benzene rings is 2. The van der Waals surface area contributed by atoms with Crippen molar-refractivity contribution in [3.63, 3.8) is 0 Å². The smallest absolute Gasteiger partial charge is 0.281 e. The number of nitrogens with one attached hydrogen (secondary N) is 1. The van der Waals surface area contributed by atoms with Crippen LogP contribution >= 0.6 is 33.9 Å². The maximum Gasteiger partial charge on any atom is 0.281 e. The number of nitrogens with zero attached hydrogens (tertiary/aromatic N) is 2. The number of nitro benzene ring substituents is 1. The van der Waals surface area contributed by atoms with Gasteiger partial charge in [-0.15, -0.1) is 11.3 Å². The Balaban J connectivity index is 1.74. The molecule has 1 amide bonds. The molecule has 25 heavy (non-hydrogen) atoms. The van der Waals surface area contributed by atoms with Crippen LogP contribution in [0.5, 0.6) is 5.75 Å². The van der Waals surface area contributed by atoms with Gasteiger partial charge in [0.15, 0.2) is 0 Å². The fourth-order valence-electron chi connectivity index (χ4n) is 2.08. The van der Waals surface area contributed by atoms with Crippen molar-refractivity contribution in [3.05, 3.63) is 66.6 Å². The molecule has 0 spiro atoms. The van der Waals surface area contributed by atoms with Crippen LogP contribution in [0.4, 0.5) is 5.69 Å². The van der Waals surface area contributed by atoms with Crippen LogP contribution in [0.2, 0.25) is 0 Å². The third kappa shape index (κ3) is 3.94. The topological polar surface area (TPSA) is 105 Å². The first-order valence-corrected chi connectivity index (χ1v) is 8.83. The van der Waals surface area contributed by atoms with E-state index in [1.54, 1.807) is 30.3 Å². The lowest BCUT2D eigenvalue weighted by Gasteiger charge is -1.98. The van der Waals surface area contributed by atoms with E-state index in [2.05, 4.69) is 10.5 Å². The summed E-state index contributed by atoms with van der Waals surface area (Å²) in [6.45, 7) is 0. The predicted octanol–water partition coefficient (Wildman–Crippen LogP) is 3.88. The third-order valence-electron chi connectivity index (χ3n) is 3.29. The molecule has 0 saturated heterocycles. The number of carbonyl (C=O) groups excluding carboxylic acids is 1. The number of fused-ring (bicyclic) bond motifs is 1. The second-order valence-electron chi connectivity index (χ2n) is 5.00. The van der Waals surface area contributed by atoms with Crippen LogP contribution in [0.3, 0.4) is 0 Å². The number of nitro groups is 1. The number of halogens is 1. The number of non-ortho nitro benzene ring substituents is 1. The molecule has 1 heterocycles. The Bertz CT molecular complexity index is 1020. The van der Waals surface area contributed by atoms with Crippen LogP contribution in [0.1, 0.15) is 15.2 Å². The summed E-state index contributed by atoms with van der Waals surface area (Å²) < 4.78 is 1.46. The lowest BCUT2D eigenvalue weighted by molar-refractivity contribution is -0.384. The van der Waals surface area contributed by atoms with E-state index in [4.69, 9.17) is 0 Å². The maximum absolute atomic E-state index is 12.2. The van der Waals surface area contributed by atoms with E-state index >= 15 is 0 Å². The van der Waals surface area contributed by atoms with E-state index in [9.17, 15) is 20.0 Å². The molecule has 0 aliphatic carbocycles. The predicted molar refractivity (Wildman–Crippen MR) is 104 cm³/mol. The van der Waals surface area contributed by atoms with Crippen molar-refractivity contribution >= 4 is 61.8 Å². The second-order valence-corrected chi connectivity index (χ2v) is 7.25. The van der Waals surface area contributed by atoms with E-state index in [0.29, 0.717) is 13.8 Å². The number of rotatable bonds is 4. The Morgan fingerprint density at radius 3 is 2.80 bits per heavy atom. The number of carbonyl (C=O) groups is 1. The number of hydrogen-bond acceptors (Lipinski definition) is 6. The number of phenols is 1. The van der Waals surface area contributed by atoms with Gasteiger partial charge in [0, 0.05) is 22.2 Å². The summed E-state index contributed by atoms with van der Waals surface area (Å²) in [7, 11) is 0. The summed E-state index contributed by atoms with van der Waals surface area (Å²) >= 11 is 3.23. The number of phenolic OH excluding ortho intramolecular Hbond substituents is 1. The van der Waals surface area contributed by atoms with Gasteiger partial charge in [0.05, 0.1) is 19.6 Å². The normalized spacial score (nSPS) is 11.1. The van der Waals surface area contributed by atoms with Crippen molar-refractivity contribution < 1.29 is 14.8 Å². The summed E-state index contributed by atoms with van der Waals surface area (Å²) in [4.78, 5) is 22.9. The third-order valence-corrected chi connectivity index (χ3v) is 5.26. The minimum absolute atomic E-state index is 0.0165. The molecule has 1 aromatic heterocycles. The van der Waals surface area contributed by atoms with Gasteiger partial charge in [0.2, 0.25) is 0 Å². The van der Waals surface area contributed by atoms with E-state index in [0.717, 1.165) is 10.3 Å². The highest BCUT2D eigenvalue weighted by Gasteiger charge is 2.12. The average Bonchev–Trinajstić information content (AvgIpc) is 3.01. The largest absolute Gasteiger partial charge is 0.507 e. The van der Waals surface area contributed by atoms with Gasteiger partial charge in [0.1, 0.15) is 5.75 Å². The molecule has 0 atom stereocenters. The molecule has 0 aliphatic rings. The highest BCUT2D eigenvalue weighted by atomic mass is 127. The molecule has 0 aliphatic heterocycles. The number of thiophene rings is 1. The van der Waals surface area contributed by atoms with E-state index in [1.807, 2.05) is 22.6 Å². The highest BCUT2D eigenvalue weighted by Crippen LogP contribution is 2.28. The average molecular weight is 467 g/mol. The van der Waals surface area contributed by atoms with Crippen molar-refractivity contribution in [2.24, 2.45) is 5.10 Å². The molecule has 2 aromatic carbocycles. The molecule has 0 saturated carbocycles. The van der Waals surface area contributed by atoms with Crippen LogP contribution in [-0.2, 0) is 0 Å². The molecule has 0 fully saturated rings. The SMILES string of the molecule is O=C(N/N=C/c1ccc(O)c(I)c1)c1cc2cc([N+](=O)[O-])ccc2s1. The molecule has 2 N–H and O–H groups in total. The molecule has 3 aromatic rings. The number of hydrazone groups is 1. The summed E-state index contributed by atoms with van der Waals surface area (Å²) in [6, 6.07) is 11.0. The second kappa shape index (κ2) is 7.15. The van der Waals surface area contributed by atoms with Gasteiger partial charge in [-0.25, -0.2) is 5.43 Å². The molecular formula is C16H10IN3O4S. The molecule has 0 radical (unpaired) electrons. The van der Waals surface area contributed by atoms with Crippen LogP contribution in [0.15, 0.2) is 47.6 Å². The first kappa shape index (κ1) is 17.3. The minimum Gasteiger partial charge on any atom is -0.507 e. The molecule has 126 valence electrons. The fourth-order valence-corrected chi connectivity index (χ4v) is 3.55. The summed E-state index contributed by atoms with van der Waals surface area (Å²) in [5, 5.41) is 24.8. The van der Waals surface area contributed by atoms with Gasteiger partial charge in [-0.3, -0.25) is 14.9 Å². The quantitative estimate of drug-likeness (QED) is 0.263. The number of aromatic hydroxyl groups is 1. The van der Waals surface area contributed by atoms with E-state index in [-0.39, 0.29) is 11.4 Å².